The van der Waals surface area contributed by atoms with Crippen LogP contribution in [0.5, 0.6) is 0 Å². The third kappa shape index (κ3) is 2.30. The summed E-state index contributed by atoms with van der Waals surface area (Å²) >= 11 is 5.76. The predicted octanol–water partition coefficient (Wildman–Crippen LogP) is 3.29. The average molecular weight is 270 g/mol. The summed E-state index contributed by atoms with van der Waals surface area (Å²) in [6.07, 6.45) is 7.58. The number of nitrogens with zero attached hydrogens (tertiary/aromatic N) is 3. The standard InChI is InChI=1S/C13H17ClFN3/c14-13-16-7-11(15)12(17-13)18-6-5-9-3-1-2-4-10(9)8-18/h7,9-10H,1-6,8H2. The largest absolute Gasteiger partial charge is 0.354 e. The second-order valence-corrected chi connectivity index (χ2v) is 5.69. The topological polar surface area (TPSA) is 29.0 Å². The number of rotatable bonds is 1. The highest BCUT2D eigenvalue weighted by Crippen LogP contribution is 2.37. The lowest BCUT2D eigenvalue weighted by molar-refractivity contribution is 0.201. The first kappa shape index (κ1) is 12.2. The van der Waals surface area contributed by atoms with Gasteiger partial charge in [-0.3, -0.25) is 0 Å². The van der Waals surface area contributed by atoms with Crippen molar-refractivity contribution in [2.45, 2.75) is 32.1 Å². The first-order valence-corrected chi connectivity index (χ1v) is 7.05. The molecule has 1 aromatic heterocycles. The highest BCUT2D eigenvalue weighted by atomic mass is 35.5. The van der Waals surface area contributed by atoms with Crippen molar-refractivity contribution in [2.75, 3.05) is 18.0 Å². The van der Waals surface area contributed by atoms with Crippen LogP contribution in [0.2, 0.25) is 5.28 Å². The zero-order valence-electron chi connectivity index (χ0n) is 10.3. The van der Waals surface area contributed by atoms with E-state index in [0.717, 1.165) is 31.6 Å². The summed E-state index contributed by atoms with van der Waals surface area (Å²) in [6, 6.07) is 0. The van der Waals surface area contributed by atoms with Crippen molar-refractivity contribution in [3.8, 4) is 0 Å². The van der Waals surface area contributed by atoms with Gasteiger partial charge in [-0.2, -0.15) is 4.98 Å². The summed E-state index contributed by atoms with van der Waals surface area (Å²) in [4.78, 5) is 9.74. The number of halogens is 2. The van der Waals surface area contributed by atoms with E-state index in [2.05, 4.69) is 9.97 Å². The van der Waals surface area contributed by atoms with Gasteiger partial charge in [0, 0.05) is 13.1 Å². The van der Waals surface area contributed by atoms with Gasteiger partial charge in [-0.05, 0) is 36.3 Å². The van der Waals surface area contributed by atoms with Crippen LogP contribution >= 0.6 is 11.6 Å². The molecule has 98 valence electrons. The molecular weight excluding hydrogens is 253 g/mol. The highest BCUT2D eigenvalue weighted by Gasteiger charge is 2.32. The lowest BCUT2D eigenvalue weighted by Gasteiger charge is -2.41. The molecule has 1 aromatic rings. The molecule has 3 nitrogen and oxygen atoms in total. The molecule has 0 aromatic carbocycles. The van der Waals surface area contributed by atoms with Gasteiger partial charge in [0.2, 0.25) is 5.28 Å². The number of aromatic nitrogens is 2. The fourth-order valence-electron chi connectivity index (χ4n) is 3.35. The fourth-order valence-corrected chi connectivity index (χ4v) is 3.48. The first-order valence-electron chi connectivity index (χ1n) is 6.67. The van der Waals surface area contributed by atoms with Gasteiger partial charge < -0.3 is 4.90 Å². The Bertz CT molecular complexity index is 440. The van der Waals surface area contributed by atoms with E-state index < -0.39 is 0 Å². The zero-order chi connectivity index (χ0) is 12.5. The summed E-state index contributed by atoms with van der Waals surface area (Å²) in [5.74, 6) is 1.53. The minimum Gasteiger partial charge on any atom is -0.354 e. The van der Waals surface area contributed by atoms with Crippen LogP contribution in [-0.4, -0.2) is 23.1 Å². The van der Waals surface area contributed by atoms with Gasteiger partial charge in [0.1, 0.15) is 0 Å². The smallest absolute Gasteiger partial charge is 0.224 e. The van der Waals surface area contributed by atoms with Crippen molar-refractivity contribution in [2.24, 2.45) is 11.8 Å². The van der Waals surface area contributed by atoms with Gasteiger partial charge in [0.05, 0.1) is 6.20 Å². The molecule has 1 saturated carbocycles. The molecule has 0 spiro atoms. The van der Waals surface area contributed by atoms with Crippen LogP contribution in [0.25, 0.3) is 0 Å². The molecule has 2 atom stereocenters. The fraction of sp³-hybridized carbons (Fsp3) is 0.692. The maximum atomic E-state index is 13.8. The average Bonchev–Trinajstić information content (AvgIpc) is 2.41. The van der Waals surface area contributed by atoms with Gasteiger partial charge in [0.15, 0.2) is 11.6 Å². The molecule has 3 rings (SSSR count). The normalized spacial score (nSPS) is 28.0. The van der Waals surface area contributed by atoms with Crippen molar-refractivity contribution in [3.05, 3.63) is 17.3 Å². The Labute approximate surface area is 111 Å². The van der Waals surface area contributed by atoms with Crippen LogP contribution in [-0.2, 0) is 0 Å². The lowest BCUT2D eigenvalue weighted by atomic mass is 9.75. The molecule has 2 heterocycles. The zero-order valence-corrected chi connectivity index (χ0v) is 11.0. The second kappa shape index (κ2) is 5.00. The number of anilines is 1. The van der Waals surface area contributed by atoms with Gasteiger partial charge in [-0.25, -0.2) is 9.37 Å². The quantitative estimate of drug-likeness (QED) is 0.733. The summed E-state index contributed by atoms with van der Waals surface area (Å²) in [7, 11) is 0. The van der Waals surface area contributed by atoms with Crippen LogP contribution in [0.3, 0.4) is 0 Å². The summed E-state index contributed by atoms with van der Waals surface area (Å²) < 4.78 is 13.8. The lowest BCUT2D eigenvalue weighted by Crippen LogP contribution is -2.42. The van der Waals surface area contributed by atoms with E-state index in [1.165, 1.54) is 25.7 Å². The summed E-state index contributed by atoms with van der Waals surface area (Å²) in [5, 5.41) is 0.122. The predicted molar refractivity (Wildman–Crippen MR) is 69.3 cm³/mol. The molecule has 1 saturated heterocycles. The van der Waals surface area contributed by atoms with Crippen molar-refractivity contribution >= 4 is 17.4 Å². The van der Waals surface area contributed by atoms with Crippen LogP contribution in [0.4, 0.5) is 10.2 Å². The van der Waals surface area contributed by atoms with Gasteiger partial charge in [0.25, 0.3) is 0 Å². The summed E-state index contributed by atoms with van der Waals surface area (Å²) in [5.41, 5.74) is 0. The SMILES string of the molecule is Fc1cnc(Cl)nc1N1CCC2CCCCC2C1. The van der Waals surface area contributed by atoms with E-state index in [9.17, 15) is 4.39 Å². The van der Waals surface area contributed by atoms with Gasteiger partial charge in [-0.1, -0.05) is 19.3 Å². The molecule has 18 heavy (non-hydrogen) atoms. The number of hydrogen-bond acceptors (Lipinski definition) is 3. The Hall–Kier alpha value is -0.900. The Kier molecular flexibility index (Phi) is 3.37. The van der Waals surface area contributed by atoms with Crippen LogP contribution < -0.4 is 4.90 Å². The number of piperidine rings is 1. The molecule has 0 bridgehead atoms. The maximum absolute atomic E-state index is 13.8. The van der Waals surface area contributed by atoms with E-state index in [4.69, 9.17) is 11.6 Å². The van der Waals surface area contributed by atoms with E-state index in [1.807, 2.05) is 4.90 Å². The van der Waals surface area contributed by atoms with E-state index >= 15 is 0 Å². The molecule has 5 heteroatoms. The first-order chi connectivity index (χ1) is 8.74. The van der Waals surface area contributed by atoms with Crippen molar-refractivity contribution < 1.29 is 4.39 Å². The molecule has 1 aliphatic heterocycles. The van der Waals surface area contributed by atoms with Gasteiger partial charge >= 0.3 is 0 Å². The highest BCUT2D eigenvalue weighted by molar-refractivity contribution is 6.28. The molecule has 0 N–H and O–H groups in total. The molecule has 2 fully saturated rings. The van der Waals surface area contributed by atoms with E-state index in [1.54, 1.807) is 0 Å². The second-order valence-electron chi connectivity index (χ2n) is 5.35. The van der Waals surface area contributed by atoms with Crippen LogP contribution in [0.15, 0.2) is 6.20 Å². The summed E-state index contributed by atoms with van der Waals surface area (Å²) in [6.45, 7) is 1.79. The molecule has 1 aliphatic carbocycles. The third-order valence-electron chi connectivity index (χ3n) is 4.29. The van der Waals surface area contributed by atoms with E-state index in [-0.39, 0.29) is 11.1 Å². The van der Waals surface area contributed by atoms with Crippen LogP contribution in [0, 0.1) is 17.7 Å². The minimum absolute atomic E-state index is 0.122. The Morgan fingerprint density at radius 1 is 1.22 bits per heavy atom. The third-order valence-corrected chi connectivity index (χ3v) is 4.47. The molecule has 0 radical (unpaired) electrons. The Balaban J connectivity index is 1.79. The molecule has 0 amide bonds. The maximum Gasteiger partial charge on any atom is 0.224 e. The van der Waals surface area contributed by atoms with Crippen molar-refractivity contribution in [3.63, 3.8) is 0 Å². The van der Waals surface area contributed by atoms with Gasteiger partial charge in [-0.15, -0.1) is 0 Å². The number of hydrogen-bond donors (Lipinski definition) is 0. The van der Waals surface area contributed by atoms with E-state index in [0.29, 0.717) is 11.7 Å². The Morgan fingerprint density at radius 3 is 2.83 bits per heavy atom. The van der Waals surface area contributed by atoms with Crippen molar-refractivity contribution in [1.29, 1.82) is 0 Å². The van der Waals surface area contributed by atoms with Crippen molar-refractivity contribution in [1.82, 2.24) is 9.97 Å². The molecule has 2 unspecified atom stereocenters. The monoisotopic (exact) mass is 269 g/mol. The number of fused-ring (bicyclic) bond motifs is 1. The molecule has 2 aliphatic rings. The Morgan fingerprint density at radius 2 is 2.00 bits per heavy atom. The molecular formula is C13H17ClFN3. The van der Waals surface area contributed by atoms with Crippen LogP contribution in [0.1, 0.15) is 32.1 Å². The minimum atomic E-state index is -0.367.